The Morgan fingerprint density at radius 2 is 2.19 bits per heavy atom. The highest BCUT2D eigenvalue weighted by Crippen LogP contribution is 2.19. The Labute approximate surface area is 99.4 Å². The first kappa shape index (κ1) is 13.8. The van der Waals surface area contributed by atoms with Crippen LogP contribution in [0.5, 0.6) is 0 Å². The van der Waals surface area contributed by atoms with Gasteiger partial charge in [-0.2, -0.15) is 29.6 Å². The van der Waals surface area contributed by atoms with Gasteiger partial charge >= 0.3 is 5.97 Å². The number of hydrogen-bond donors (Lipinski definition) is 3. The van der Waals surface area contributed by atoms with Gasteiger partial charge in [-0.3, -0.25) is 4.79 Å². The Morgan fingerprint density at radius 3 is 2.62 bits per heavy atom. The lowest BCUT2D eigenvalue weighted by Crippen LogP contribution is -2.47. The molecule has 0 spiro atoms. The van der Waals surface area contributed by atoms with Gasteiger partial charge in [0.2, 0.25) is 0 Å². The summed E-state index contributed by atoms with van der Waals surface area (Å²) in [4.78, 5) is 10.8. The van der Waals surface area contributed by atoms with Gasteiger partial charge in [-0.15, -0.1) is 0 Å². The first-order valence-corrected chi connectivity index (χ1v) is 7.83. The molecule has 0 bridgehead atoms. The predicted molar refractivity (Wildman–Crippen MR) is 62.6 cm³/mol. The van der Waals surface area contributed by atoms with E-state index < -0.39 is 22.2 Å². The van der Waals surface area contributed by atoms with Gasteiger partial charge in [0.25, 0.3) is 10.2 Å². The molecule has 0 aromatic heterocycles. The maximum Gasteiger partial charge on any atom is 0.321 e. The average molecular weight is 268 g/mol. The van der Waals surface area contributed by atoms with Crippen molar-refractivity contribution in [2.24, 2.45) is 0 Å². The minimum absolute atomic E-state index is 0.0208. The molecular formula is C8H16N2O4S2. The molecule has 1 atom stereocenters. The van der Waals surface area contributed by atoms with E-state index in [9.17, 15) is 13.2 Å². The van der Waals surface area contributed by atoms with Gasteiger partial charge in [0.1, 0.15) is 6.04 Å². The summed E-state index contributed by atoms with van der Waals surface area (Å²) in [7, 11) is -3.68. The zero-order valence-corrected chi connectivity index (χ0v) is 10.6. The Morgan fingerprint density at radius 1 is 1.56 bits per heavy atom. The van der Waals surface area contributed by atoms with Gasteiger partial charge in [-0.05, 0) is 31.3 Å². The first-order chi connectivity index (χ1) is 7.44. The van der Waals surface area contributed by atoms with Crippen LogP contribution in [0.1, 0.15) is 19.3 Å². The molecule has 1 saturated carbocycles. The van der Waals surface area contributed by atoms with E-state index in [-0.39, 0.29) is 12.5 Å². The molecule has 0 unspecified atom stereocenters. The molecule has 0 aromatic carbocycles. The summed E-state index contributed by atoms with van der Waals surface area (Å²) in [6, 6.07) is -1.07. The fourth-order valence-electron chi connectivity index (χ4n) is 1.11. The minimum atomic E-state index is -3.68. The third-order valence-electron chi connectivity index (χ3n) is 2.11. The smallest absolute Gasteiger partial charge is 0.321 e. The molecule has 1 aliphatic carbocycles. The summed E-state index contributed by atoms with van der Waals surface area (Å²) < 4.78 is 27.5. The van der Waals surface area contributed by atoms with Crippen LogP contribution in [0.4, 0.5) is 0 Å². The van der Waals surface area contributed by atoms with E-state index in [4.69, 9.17) is 5.11 Å². The summed E-state index contributed by atoms with van der Waals surface area (Å²) >= 11 is 1.48. The molecule has 0 amide bonds. The third kappa shape index (κ3) is 5.15. The SMILES string of the molecule is CSCC[C@@H](NS(=O)(=O)NC1CC1)C(=O)O. The van der Waals surface area contributed by atoms with Crippen LogP contribution in [-0.4, -0.2) is 43.6 Å². The van der Waals surface area contributed by atoms with E-state index in [1.54, 1.807) is 0 Å². The van der Waals surface area contributed by atoms with Crippen molar-refractivity contribution in [3.8, 4) is 0 Å². The van der Waals surface area contributed by atoms with Crippen molar-refractivity contribution >= 4 is 27.9 Å². The predicted octanol–water partition coefficient (Wildman–Crippen LogP) is -0.221. The highest BCUT2D eigenvalue weighted by Gasteiger charge is 2.30. The van der Waals surface area contributed by atoms with Gasteiger partial charge in [-0.1, -0.05) is 0 Å². The van der Waals surface area contributed by atoms with E-state index in [2.05, 4.69) is 9.44 Å². The van der Waals surface area contributed by atoms with Crippen molar-refractivity contribution < 1.29 is 18.3 Å². The lowest BCUT2D eigenvalue weighted by Gasteiger charge is -2.14. The van der Waals surface area contributed by atoms with E-state index >= 15 is 0 Å². The molecule has 0 radical (unpaired) electrons. The Kier molecular flexibility index (Phi) is 5.03. The van der Waals surface area contributed by atoms with Crippen molar-refractivity contribution in [3.05, 3.63) is 0 Å². The third-order valence-corrected chi connectivity index (χ3v) is 3.99. The van der Waals surface area contributed by atoms with E-state index in [0.717, 1.165) is 12.8 Å². The Balaban J connectivity index is 2.48. The number of thioether (sulfide) groups is 1. The van der Waals surface area contributed by atoms with Crippen LogP contribution in [0.3, 0.4) is 0 Å². The molecule has 1 rings (SSSR count). The zero-order valence-electron chi connectivity index (χ0n) is 8.97. The fraction of sp³-hybridized carbons (Fsp3) is 0.875. The number of carboxylic acid groups (broad SMARTS) is 1. The van der Waals surface area contributed by atoms with Crippen molar-refractivity contribution in [2.45, 2.75) is 31.3 Å². The average Bonchev–Trinajstić information content (AvgIpc) is 2.94. The number of carbonyl (C=O) groups is 1. The Bertz CT molecular complexity index is 340. The minimum Gasteiger partial charge on any atom is -0.480 e. The van der Waals surface area contributed by atoms with Gasteiger partial charge in [0.05, 0.1) is 0 Å². The normalized spacial score (nSPS) is 18.3. The quantitative estimate of drug-likeness (QED) is 0.565. The molecule has 6 nitrogen and oxygen atoms in total. The summed E-state index contributed by atoms with van der Waals surface area (Å²) in [5, 5.41) is 8.85. The van der Waals surface area contributed by atoms with Crippen LogP contribution in [0.15, 0.2) is 0 Å². The molecule has 1 aliphatic rings. The highest BCUT2D eigenvalue weighted by atomic mass is 32.2. The van der Waals surface area contributed by atoms with E-state index in [1.165, 1.54) is 11.8 Å². The number of rotatable bonds is 8. The molecule has 3 N–H and O–H groups in total. The van der Waals surface area contributed by atoms with Gasteiger partial charge in [0.15, 0.2) is 0 Å². The highest BCUT2D eigenvalue weighted by molar-refractivity contribution is 7.98. The maximum absolute atomic E-state index is 11.5. The Hall–Kier alpha value is -0.310. The monoisotopic (exact) mass is 268 g/mol. The van der Waals surface area contributed by atoms with Crippen LogP contribution in [-0.2, 0) is 15.0 Å². The van der Waals surface area contributed by atoms with Crippen molar-refractivity contribution in [2.75, 3.05) is 12.0 Å². The van der Waals surface area contributed by atoms with Crippen LogP contribution < -0.4 is 9.44 Å². The second-order valence-electron chi connectivity index (χ2n) is 3.69. The summed E-state index contributed by atoms with van der Waals surface area (Å²) in [5.74, 6) is -0.543. The van der Waals surface area contributed by atoms with Gasteiger partial charge in [0, 0.05) is 6.04 Å². The fourth-order valence-corrected chi connectivity index (χ4v) is 2.92. The molecule has 0 aliphatic heterocycles. The molecule has 8 heteroatoms. The van der Waals surface area contributed by atoms with Crippen LogP contribution >= 0.6 is 11.8 Å². The van der Waals surface area contributed by atoms with Crippen molar-refractivity contribution in [1.29, 1.82) is 0 Å². The van der Waals surface area contributed by atoms with Crippen molar-refractivity contribution in [1.82, 2.24) is 9.44 Å². The summed E-state index contributed by atoms with van der Waals surface area (Å²) in [5.41, 5.74) is 0. The van der Waals surface area contributed by atoms with E-state index in [0.29, 0.717) is 5.75 Å². The number of aliphatic carboxylic acids is 1. The lowest BCUT2D eigenvalue weighted by molar-refractivity contribution is -0.139. The van der Waals surface area contributed by atoms with Crippen LogP contribution in [0.2, 0.25) is 0 Å². The first-order valence-electron chi connectivity index (χ1n) is 4.96. The summed E-state index contributed by atoms with van der Waals surface area (Å²) in [6.45, 7) is 0. The second-order valence-corrected chi connectivity index (χ2v) is 6.15. The van der Waals surface area contributed by atoms with Crippen molar-refractivity contribution in [3.63, 3.8) is 0 Å². The topological polar surface area (TPSA) is 95.5 Å². The molecule has 16 heavy (non-hydrogen) atoms. The molecule has 0 saturated heterocycles. The van der Waals surface area contributed by atoms with Crippen LogP contribution in [0, 0.1) is 0 Å². The number of hydrogen-bond acceptors (Lipinski definition) is 4. The zero-order chi connectivity index (χ0) is 12.2. The second kappa shape index (κ2) is 5.85. The van der Waals surface area contributed by atoms with Gasteiger partial charge < -0.3 is 5.11 Å². The van der Waals surface area contributed by atoms with E-state index in [1.807, 2.05) is 6.26 Å². The maximum atomic E-state index is 11.5. The standard InChI is InChI=1S/C8H16N2O4S2/c1-15-5-4-7(8(11)12)10-16(13,14)9-6-2-3-6/h6-7,9-10H,2-5H2,1H3,(H,11,12)/t7-/m1/s1. The van der Waals surface area contributed by atoms with Crippen LogP contribution in [0.25, 0.3) is 0 Å². The summed E-state index contributed by atoms with van der Waals surface area (Å²) in [6.07, 6.45) is 3.77. The molecular weight excluding hydrogens is 252 g/mol. The molecule has 0 heterocycles. The molecule has 94 valence electrons. The number of nitrogens with one attached hydrogen (secondary N) is 2. The molecule has 1 fully saturated rings. The molecule has 0 aromatic rings. The van der Waals surface area contributed by atoms with Gasteiger partial charge in [-0.25, -0.2) is 0 Å². The largest absolute Gasteiger partial charge is 0.480 e. The lowest BCUT2D eigenvalue weighted by atomic mass is 10.2. The number of carboxylic acids is 1.